The fourth-order valence-electron chi connectivity index (χ4n) is 2.13. The molecule has 1 aromatic rings. The molecular weight excluding hydrogens is 244 g/mol. The van der Waals surface area contributed by atoms with Crippen LogP contribution in [-0.4, -0.2) is 30.0 Å². The van der Waals surface area contributed by atoms with E-state index in [1.54, 1.807) is 0 Å². The Hall–Kier alpha value is -1.16. The predicted molar refractivity (Wildman–Crippen MR) is 78.4 cm³/mol. The number of anilines is 1. The van der Waals surface area contributed by atoms with Gasteiger partial charge in [0.1, 0.15) is 0 Å². The average Bonchev–Trinajstić information content (AvgIpc) is 2.41. The highest BCUT2D eigenvalue weighted by molar-refractivity contribution is 7.99. The maximum atomic E-state index is 12.3. The molecule has 1 aromatic carbocycles. The van der Waals surface area contributed by atoms with Gasteiger partial charge in [0, 0.05) is 18.3 Å². The van der Waals surface area contributed by atoms with Gasteiger partial charge in [-0.15, -0.1) is 0 Å². The molecule has 0 aromatic heterocycles. The lowest BCUT2D eigenvalue weighted by atomic mass is 10.1. The minimum absolute atomic E-state index is 0.0449. The van der Waals surface area contributed by atoms with Crippen LogP contribution in [0.1, 0.15) is 30.1 Å². The Balaban J connectivity index is 2.03. The van der Waals surface area contributed by atoms with Crippen LogP contribution >= 0.6 is 11.8 Å². The van der Waals surface area contributed by atoms with Crippen LogP contribution in [0.4, 0.5) is 5.69 Å². The molecular formula is C14H20N2OS. The van der Waals surface area contributed by atoms with Gasteiger partial charge in [-0.05, 0) is 43.4 Å². The third-order valence-corrected chi connectivity index (χ3v) is 4.14. The van der Waals surface area contributed by atoms with Crippen LogP contribution in [0.15, 0.2) is 24.3 Å². The van der Waals surface area contributed by atoms with E-state index in [-0.39, 0.29) is 5.91 Å². The van der Waals surface area contributed by atoms with Gasteiger partial charge in [-0.1, -0.05) is 12.1 Å². The Kier molecular flexibility index (Phi) is 4.93. The topological polar surface area (TPSA) is 41.1 Å². The van der Waals surface area contributed by atoms with Crippen molar-refractivity contribution in [2.45, 2.75) is 25.8 Å². The van der Waals surface area contributed by atoms with Crippen molar-refractivity contribution in [2.75, 3.05) is 23.4 Å². The molecule has 0 unspecified atom stereocenters. The van der Waals surface area contributed by atoms with Crippen LogP contribution in [0.5, 0.6) is 0 Å². The molecule has 3 nitrogen and oxygen atoms in total. The first-order valence-corrected chi connectivity index (χ1v) is 7.68. The zero-order valence-corrected chi connectivity index (χ0v) is 11.6. The highest BCUT2D eigenvalue weighted by Gasteiger charge is 2.18. The predicted octanol–water partition coefficient (Wildman–Crippen LogP) is 2.74. The number of carbonyl (C=O) groups excluding carboxylic acids is 1. The summed E-state index contributed by atoms with van der Waals surface area (Å²) < 4.78 is 0. The lowest BCUT2D eigenvalue weighted by Crippen LogP contribution is -2.37. The number of amides is 1. The van der Waals surface area contributed by atoms with Crippen molar-refractivity contribution < 1.29 is 4.79 Å². The fraction of sp³-hybridized carbons (Fsp3) is 0.500. The number of nitrogens with one attached hydrogen (secondary N) is 2. The van der Waals surface area contributed by atoms with E-state index in [4.69, 9.17) is 0 Å². The van der Waals surface area contributed by atoms with Crippen molar-refractivity contribution in [2.24, 2.45) is 0 Å². The molecule has 18 heavy (non-hydrogen) atoms. The van der Waals surface area contributed by atoms with Crippen molar-refractivity contribution in [1.82, 2.24) is 5.32 Å². The number of carbonyl (C=O) groups is 1. The molecule has 1 aliphatic rings. The number of hydrogen-bond donors (Lipinski definition) is 2. The van der Waals surface area contributed by atoms with Gasteiger partial charge < -0.3 is 10.6 Å². The molecule has 4 heteroatoms. The van der Waals surface area contributed by atoms with Crippen molar-refractivity contribution >= 4 is 23.4 Å². The molecule has 1 aliphatic heterocycles. The molecule has 1 fully saturated rings. The number of benzene rings is 1. The van der Waals surface area contributed by atoms with Crippen LogP contribution in [0.3, 0.4) is 0 Å². The normalized spacial score (nSPS) is 16.3. The molecule has 0 radical (unpaired) electrons. The first-order valence-electron chi connectivity index (χ1n) is 6.52. The molecule has 1 heterocycles. The molecule has 98 valence electrons. The zero-order chi connectivity index (χ0) is 12.8. The van der Waals surface area contributed by atoms with Gasteiger partial charge in [-0.3, -0.25) is 4.79 Å². The summed E-state index contributed by atoms with van der Waals surface area (Å²) >= 11 is 1.97. The van der Waals surface area contributed by atoms with Crippen LogP contribution in [-0.2, 0) is 0 Å². The monoisotopic (exact) mass is 264 g/mol. The number of thioether (sulfide) groups is 1. The Labute approximate surface area is 113 Å². The quantitative estimate of drug-likeness (QED) is 0.878. The minimum Gasteiger partial charge on any atom is -0.385 e. The Bertz CT molecular complexity index is 403. The van der Waals surface area contributed by atoms with Gasteiger partial charge in [0.05, 0.1) is 5.56 Å². The maximum absolute atomic E-state index is 12.3. The van der Waals surface area contributed by atoms with Gasteiger partial charge in [0.2, 0.25) is 0 Å². The SMILES string of the molecule is CCNc1ccccc1C(=O)NC1CCSCC1. The number of para-hydroxylation sites is 1. The van der Waals surface area contributed by atoms with Gasteiger partial charge in [-0.25, -0.2) is 0 Å². The van der Waals surface area contributed by atoms with Crippen LogP contribution in [0, 0.1) is 0 Å². The molecule has 1 amide bonds. The van der Waals surface area contributed by atoms with Crippen LogP contribution < -0.4 is 10.6 Å². The molecule has 0 bridgehead atoms. The van der Waals surface area contributed by atoms with Gasteiger partial charge >= 0.3 is 0 Å². The lowest BCUT2D eigenvalue weighted by Gasteiger charge is -2.23. The van der Waals surface area contributed by atoms with Crippen LogP contribution in [0.2, 0.25) is 0 Å². The summed E-state index contributed by atoms with van der Waals surface area (Å²) in [5.41, 5.74) is 1.67. The summed E-state index contributed by atoms with van der Waals surface area (Å²) in [7, 11) is 0. The molecule has 0 atom stereocenters. The highest BCUT2D eigenvalue weighted by atomic mass is 32.2. The van der Waals surface area contributed by atoms with E-state index in [2.05, 4.69) is 10.6 Å². The van der Waals surface area contributed by atoms with E-state index in [9.17, 15) is 4.79 Å². The van der Waals surface area contributed by atoms with Gasteiger partial charge in [0.15, 0.2) is 0 Å². The third kappa shape index (κ3) is 3.42. The summed E-state index contributed by atoms with van der Waals surface area (Å²) in [6.45, 7) is 2.86. The third-order valence-electron chi connectivity index (χ3n) is 3.10. The first-order chi connectivity index (χ1) is 8.81. The van der Waals surface area contributed by atoms with E-state index in [0.29, 0.717) is 6.04 Å². The maximum Gasteiger partial charge on any atom is 0.253 e. The molecule has 0 aliphatic carbocycles. The first kappa shape index (κ1) is 13.3. The smallest absolute Gasteiger partial charge is 0.253 e. The summed E-state index contributed by atoms with van der Waals surface area (Å²) in [5, 5.41) is 6.37. The molecule has 1 saturated heterocycles. The minimum atomic E-state index is 0.0449. The van der Waals surface area contributed by atoms with Crippen molar-refractivity contribution in [3.8, 4) is 0 Å². The zero-order valence-electron chi connectivity index (χ0n) is 10.7. The van der Waals surface area contributed by atoms with E-state index in [0.717, 1.165) is 42.1 Å². The summed E-state index contributed by atoms with van der Waals surface area (Å²) in [6.07, 6.45) is 2.17. The Morgan fingerprint density at radius 2 is 2.06 bits per heavy atom. The van der Waals surface area contributed by atoms with E-state index in [1.807, 2.05) is 43.0 Å². The molecule has 2 rings (SSSR count). The van der Waals surface area contributed by atoms with Crippen molar-refractivity contribution in [1.29, 1.82) is 0 Å². The Morgan fingerprint density at radius 3 is 2.78 bits per heavy atom. The number of rotatable bonds is 4. The standard InChI is InChI=1S/C14H20N2OS/c1-2-15-13-6-4-3-5-12(13)14(17)16-11-7-9-18-10-8-11/h3-6,11,15H,2,7-10H2,1H3,(H,16,17). The molecule has 2 N–H and O–H groups in total. The Morgan fingerprint density at radius 1 is 1.33 bits per heavy atom. The highest BCUT2D eigenvalue weighted by Crippen LogP contribution is 2.19. The second-order valence-electron chi connectivity index (χ2n) is 4.44. The van der Waals surface area contributed by atoms with E-state index < -0.39 is 0 Å². The lowest BCUT2D eigenvalue weighted by molar-refractivity contribution is 0.0935. The average molecular weight is 264 g/mol. The summed E-state index contributed by atoms with van der Waals surface area (Å²) in [4.78, 5) is 12.3. The largest absolute Gasteiger partial charge is 0.385 e. The molecule has 0 saturated carbocycles. The van der Waals surface area contributed by atoms with E-state index in [1.165, 1.54) is 0 Å². The summed E-state index contributed by atoms with van der Waals surface area (Å²) in [6, 6.07) is 8.03. The van der Waals surface area contributed by atoms with Crippen LogP contribution in [0.25, 0.3) is 0 Å². The second kappa shape index (κ2) is 6.69. The summed E-state index contributed by atoms with van der Waals surface area (Å²) in [5.74, 6) is 2.35. The number of hydrogen-bond acceptors (Lipinski definition) is 3. The van der Waals surface area contributed by atoms with E-state index >= 15 is 0 Å². The van der Waals surface area contributed by atoms with Crippen molar-refractivity contribution in [3.63, 3.8) is 0 Å². The fourth-order valence-corrected chi connectivity index (χ4v) is 3.24. The van der Waals surface area contributed by atoms with Gasteiger partial charge in [0.25, 0.3) is 5.91 Å². The van der Waals surface area contributed by atoms with Gasteiger partial charge in [-0.2, -0.15) is 11.8 Å². The molecule has 0 spiro atoms. The van der Waals surface area contributed by atoms with Crippen molar-refractivity contribution in [3.05, 3.63) is 29.8 Å². The second-order valence-corrected chi connectivity index (χ2v) is 5.66.